The van der Waals surface area contributed by atoms with Crippen LogP contribution in [0.4, 0.5) is 0 Å². The maximum Gasteiger partial charge on any atom is 0.306 e. The first kappa shape index (κ1) is 14.1. The Hall–Kier alpha value is -1.35. The predicted molar refractivity (Wildman–Crippen MR) is 75.9 cm³/mol. The number of rotatable bonds is 5. The van der Waals surface area contributed by atoms with E-state index in [1.807, 2.05) is 13.0 Å². The minimum atomic E-state index is -0.0675. The summed E-state index contributed by atoms with van der Waals surface area (Å²) in [4.78, 5) is 11.9. The topological polar surface area (TPSA) is 38.3 Å². The largest absolute Gasteiger partial charge is 0.466 e. The first-order valence-electron chi connectivity index (χ1n) is 7.14. The Morgan fingerprint density at radius 1 is 1.37 bits per heavy atom. The zero-order valence-corrected chi connectivity index (χ0v) is 11.7. The summed E-state index contributed by atoms with van der Waals surface area (Å²) in [6.07, 6.45) is 3.68. The highest BCUT2D eigenvalue weighted by Crippen LogP contribution is 2.34. The number of piperidine rings is 1. The van der Waals surface area contributed by atoms with Gasteiger partial charge in [-0.2, -0.15) is 0 Å². The van der Waals surface area contributed by atoms with Crippen molar-refractivity contribution in [3.05, 3.63) is 35.9 Å². The van der Waals surface area contributed by atoms with Crippen LogP contribution in [0.3, 0.4) is 0 Å². The van der Waals surface area contributed by atoms with Gasteiger partial charge in [-0.15, -0.1) is 0 Å². The van der Waals surface area contributed by atoms with E-state index in [4.69, 9.17) is 4.74 Å². The number of hydrogen-bond acceptors (Lipinski definition) is 3. The summed E-state index contributed by atoms with van der Waals surface area (Å²) in [5.41, 5.74) is 1.32. The van der Waals surface area contributed by atoms with Gasteiger partial charge in [0, 0.05) is 6.54 Å². The first-order chi connectivity index (χ1) is 9.24. The second-order valence-corrected chi connectivity index (χ2v) is 5.42. The number of nitrogens with one attached hydrogen (secondary N) is 1. The van der Waals surface area contributed by atoms with E-state index >= 15 is 0 Å². The second-order valence-electron chi connectivity index (χ2n) is 5.42. The minimum Gasteiger partial charge on any atom is -0.466 e. The molecule has 3 nitrogen and oxygen atoms in total. The van der Waals surface area contributed by atoms with Crippen LogP contribution in [-0.2, 0) is 16.0 Å². The van der Waals surface area contributed by atoms with Gasteiger partial charge in [0.25, 0.3) is 0 Å². The molecular formula is C16H23NO2. The summed E-state index contributed by atoms with van der Waals surface area (Å²) in [6.45, 7) is 4.29. The van der Waals surface area contributed by atoms with Gasteiger partial charge < -0.3 is 10.1 Å². The van der Waals surface area contributed by atoms with Crippen LogP contribution in [0, 0.1) is 5.41 Å². The SMILES string of the molecule is CCOC(=O)CC1(Cc2ccccc2)CCCNC1. The van der Waals surface area contributed by atoms with Gasteiger partial charge >= 0.3 is 5.97 Å². The van der Waals surface area contributed by atoms with Crippen molar-refractivity contribution in [2.24, 2.45) is 5.41 Å². The third-order valence-electron chi connectivity index (χ3n) is 3.81. The molecule has 0 aromatic heterocycles. The molecule has 1 aromatic rings. The van der Waals surface area contributed by atoms with Crippen molar-refractivity contribution >= 4 is 5.97 Å². The fraction of sp³-hybridized carbons (Fsp3) is 0.562. The Bertz CT molecular complexity index is 396. The number of benzene rings is 1. The number of ether oxygens (including phenoxy) is 1. The minimum absolute atomic E-state index is 0.0197. The highest BCUT2D eigenvalue weighted by molar-refractivity contribution is 5.70. The van der Waals surface area contributed by atoms with E-state index in [1.165, 1.54) is 5.56 Å². The average molecular weight is 261 g/mol. The lowest BCUT2D eigenvalue weighted by Crippen LogP contribution is -2.43. The Morgan fingerprint density at radius 2 is 2.16 bits per heavy atom. The monoisotopic (exact) mass is 261 g/mol. The molecule has 104 valence electrons. The first-order valence-corrected chi connectivity index (χ1v) is 7.14. The zero-order chi connectivity index (χ0) is 13.6. The predicted octanol–water partition coefficient (Wildman–Crippen LogP) is 2.55. The van der Waals surface area contributed by atoms with Crippen LogP contribution in [0.2, 0.25) is 0 Å². The van der Waals surface area contributed by atoms with Crippen molar-refractivity contribution in [1.29, 1.82) is 0 Å². The van der Waals surface area contributed by atoms with Crippen molar-refractivity contribution in [1.82, 2.24) is 5.32 Å². The zero-order valence-electron chi connectivity index (χ0n) is 11.7. The van der Waals surface area contributed by atoms with Crippen LogP contribution in [0.15, 0.2) is 30.3 Å². The van der Waals surface area contributed by atoms with Gasteiger partial charge in [-0.25, -0.2) is 0 Å². The quantitative estimate of drug-likeness (QED) is 0.828. The standard InChI is InChI=1S/C16H23NO2/c1-2-19-15(18)12-16(9-6-10-17-13-16)11-14-7-4-3-5-8-14/h3-5,7-8,17H,2,6,9-13H2,1H3. The molecule has 1 aromatic carbocycles. The lowest BCUT2D eigenvalue weighted by molar-refractivity contribution is -0.146. The molecular weight excluding hydrogens is 238 g/mol. The molecule has 1 aliphatic heterocycles. The Kier molecular flexibility index (Phi) is 4.97. The fourth-order valence-corrected chi connectivity index (χ4v) is 2.94. The molecule has 1 N–H and O–H groups in total. The highest BCUT2D eigenvalue weighted by Gasteiger charge is 2.35. The van der Waals surface area contributed by atoms with Crippen molar-refractivity contribution in [3.63, 3.8) is 0 Å². The van der Waals surface area contributed by atoms with Crippen LogP contribution in [-0.4, -0.2) is 25.7 Å². The van der Waals surface area contributed by atoms with E-state index in [2.05, 4.69) is 29.6 Å². The number of hydrogen-bond donors (Lipinski definition) is 1. The Morgan fingerprint density at radius 3 is 2.79 bits per heavy atom. The normalized spacial score (nSPS) is 23.0. The van der Waals surface area contributed by atoms with Crippen LogP contribution < -0.4 is 5.32 Å². The summed E-state index contributed by atoms with van der Waals surface area (Å²) >= 11 is 0. The molecule has 1 heterocycles. The van der Waals surface area contributed by atoms with E-state index < -0.39 is 0 Å². The number of carbonyl (C=O) groups is 1. The van der Waals surface area contributed by atoms with Gasteiger partial charge in [-0.3, -0.25) is 4.79 Å². The van der Waals surface area contributed by atoms with Gasteiger partial charge in [0.2, 0.25) is 0 Å². The van der Waals surface area contributed by atoms with Crippen LogP contribution in [0.25, 0.3) is 0 Å². The molecule has 1 fully saturated rings. The molecule has 19 heavy (non-hydrogen) atoms. The smallest absolute Gasteiger partial charge is 0.306 e. The summed E-state index contributed by atoms with van der Waals surface area (Å²) < 4.78 is 5.14. The molecule has 0 bridgehead atoms. The van der Waals surface area contributed by atoms with Gasteiger partial charge in [0.15, 0.2) is 0 Å². The number of carbonyl (C=O) groups excluding carboxylic acids is 1. The van der Waals surface area contributed by atoms with E-state index in [0.29, 0.717) is 13.0 Å². The van der Waals surface area contributed by atoms with Gasteiger partial charge in [-0.1, -0.05) is 30.3 Å². The maximum atomic E-state index is 11.9. The van der Waals surface area contributed by atoms with E-state index in [-0.39, 0.29) is 11.4 Å². The molecule has 0 saturated carbocycles. The maximum absolute atomic E-state index is 11.9. The molecule has 0 amide bonds. The van der Waals surface area contributed by atoms with Gasteiger partial charge in [0.1, 0.15) is 0 Å². The van der Waals surface area contributed by atoms with Crippen molar-refractivity contribution in [2.75, 3.05) is 19.7 Å². The molecule has 0 spiro atoms. The highest BCUT2D eigenvalue weighted by atomic mass is 16.5. The molecule has 1 unspecified atom stereocenters. The van der Waals surface area contributed by atoms with Crippen molar-refractivity contribution < 1.29 is 9.53 Å². The van der Waals surface area contributed by atoms with Gasteiger partial charge in [-0.05, 0) is 43.7 Å². The van der Waals surface area contributed by atoms with Crippen molar-refractivity contribution in [2.45, 2.75) is 32.6 Å². The third kappa shape index (κ3) is 4.06. The summed E-state index contributed by atoms with van der Waals surface area (Å²) in [7, 11) is 0. The van der Waals surface area contributed by atoms with Crippen molar-refractivity contribution in [3.8, 4) is 0 Å². The van der Waals surface area contributed by atoms with E-state index in [9.17, 15) is 4.79 Å². The Labute approximate surface area is 115 Å². The molecule has 2 rings (SSSR count). The molecule has 3 heteroatoms. The fourth-order valence-electron chi connectivity index (χ4n) is 2.94. The molecule has 0 radical (unpaired) electrons. The summed E-state index contributed by atoms with van der Waals surface area (Å²) in [5, 5.41) is 3.44. The van der Waals surface area contributed by atoms with Crippen LogP contribution in [0.1, 0.15) is 31.7 Å². The van der Waals surface area contributed by atoms with E-state index in [0.717, 1.165) is 32.4 Å². The summed E-state index contributed by atoms with van der Waals surface area (Å²) in [6, 6.07) is 10.4. The van der Waals surface area contributed by atoms with Crippen LogP contribution >= 0.6 is 0 Å². The molecule has 1 atom stereocenters. The number of esters is 1. The van der Waals surface area contributed by atoms with Crippen LogP contribution in [0.5, 0.6) is 0 Å². The average Bonchev–Trinajstić information content (AvgIpc) is 2.40. The third-order valence-corrected chi connectivity index (χ3v) is 3.81. The Balaban J connectivity index is 2.08. The van der Waals surface area contributed by atoms with E-state index in [1.54, 1.807) is 0 Å². The second kappa shape index (κ2) is 6.71. The molecule has 1 saturated heterocycles. The van der Waals surface area contributed by atoms with Gasteiger partial charge in [0.05, 0.1) is 13.0 Å². The molecule has 0 aliphatic carbocycles. The molecule has 1 aliphatic rings. The summed E-state index contributed by atoms with van der Waals surface area (Å²) in [5.74, 6) is -0.0675. The lowest BCUT2D eigenvalue weighted by Gasteiger charge is -2.37. The lowest BCUT2D eigenvalue weighted by atomic mass is 9.73.